The monoisotopic (exact) mass is 286 g/mol. The van der Waals surface area contributed by atoms with Crippen LogP contribution in [0.3, 0.4) is 0 Å². The van der Waals surface area contributed by atoms with E-state index < -0.39 is 0 Å². The topological polar surface area (TPSA) is 52.9 Å². The van der Waals surface area contributed by atoms with Crippen molar-refractivity contribution in [3.8, 4) is 0 Å². The maximum absolute atomic E-state index is 13.8. The van der Waals surface area contributed by atoms with Gasteiger partial charge in [-0.15, -0.1) is 0 Å². The lowest BCUT2D eigenvalue weighted by molar-refractivity contribution is 0.0755. The summed E-state index contributed by atoms with van der Waals surface area (Å²) in [6, 6.07) is 9.86. The molecule has 21 heavy (non-hydrogen) atoms. The van der Waals surface area contributed by atoms with Gasteiger partial charge in [0.2, 0.25) is 0 Å². The Morgan fingerprint density at radius 1 is 1.10 bits per heavy atom. The minimum atomic E-state index is -0.324. The van der Waals surface area contributed by atoms with Gasteiger partial charge in [-0.25, -0.2) is 4.39 Å². The molecule has 3 rings (SSSR count). The van der Waals surface area contributed by atoms with E-state index in [4.69, 9.17) is 5.21 Å². The van der Waals surface area contributed by atoms with Crippen LogP contribution in [-0.4, -0.2) is 34.8 Å². The molecule has 0 saturated carbocycles. The van der Waals surface area contributed by atoms with Crippen molar-refractivity contribution in [2.24, 2.45) is 5.16 Å². The van der Waals surface area contributed by atoms with Gasteiger partial charge >= 0.3 is 0 Å². The highest BCUT2D eigenvalue weighted by Gasteiger charge is 2.23. The lowest BCUT2D eigenvalue weighted by Crippen LogP contribution is -2.38. The van der Waals surface area contributed by atoms with Crippen LogP contribution in [0.15, 0.2) is 41.6 Å². The molecular weight excluding hydrogens is 271 g/mol. The maximum Gasteiger partial charge on any atom is 0.254 e. The summed E-state index contributed by atoms with van der Waals surface area (Å²) < 4.78 is 13.8. The zero-order chi connectivity index (χ0) is 14.8. The molecule has 1 fully saturated rings. The van der Waals surface area contributed by atoms with Gasteiger partial charge in [0.05, 0.1) is 5.71 Å². The first-order chi connectivity index (χ1) is 10.2. The summed E-state index contributed by atoms with van der Waals surface area (Å²) in [4.78, 5) is 14.3. The number of fused-ring (bicyclic) bond motifs is 1. The smallest absolute Gasteiger partial charge is 0.254 e. The average molecular weight is 286 g/mol. The molecule has 1 amide bonds. The minimum Gasteiger partial charge on any atom is -0.411 e. The lowest BCUT2D eigenvalue weighted by Gasteiger charge is -2.27. The number of oxime groups is 1. The van der Waals surface area contributed by atoms with Crippen LogP contribution in [0.1, 0.15) is 23.2 Å². The Labute approximate surface area is 121 Å². The number of carbonyl (C=O) groups is 1. The summed E-state index contributed by atoms with van der Waals surface area (Å²) in [6.07, 6.45) is 1.14. The number of likely N-dealkylation sites (tertiary alicyclic amines) is 1. The molecule has 0 spiro atoms. The summed E-state index contributed by atoms with van der Waals surface area (Å²) >= 11 is 0. The van der Waals surface area contributed by atoms with Gasteiger partial charge in [0, 0.05) is 36.9 Å². The summed E-state index contributed by atoms with van der Waals surface area (Å²) in [5.41, 5.74) is 1.22. The van der Waals surface area contributed by atoms with Crippen LogP contribution < -0.4 is 0 Å². The van der Waals surface area contributed by atoms with Crippen molar-refractivity contribution in [2.45, 2.75) is 12.8 Å². The van der Waals surface area contributed by atoms with E-state index in [1.165, 1.54) is 12.1 Å². The largest absolute Gasteiger partial charge is 0.411 e. The van der Waals surface area contributed by atoms with E-state index >= 15 is 0 Å². The normalized spacial score (nSPS) is 15.3. The molecule has 0 aliphatic carbocycles. The van der Waals surface area contributed by atoms with Crippen LogP contribution in [0.25, 0.3) is 10.8 Å². The van der Waals surface area contributed by atoms with Crippen molar-refractivity contribution in [3.63, 3.8) is 0 Å². The molecule has 0 atom stereocenters. The van der Waals surface area contributed by atoms with Crippen LogP contribution in [0, 0.1) is 5.82 Å². The molecule has 1 aliphatic heterocycles. The highest BCUT2D eigenvalue weighted by molar-refractivity contribution is 6.07. The second-order valence-electron chi connectivity index (χ2n) is 5.10. The predicted molar refractivity (Wildman–Crippen MR) is 78.3 cm³/mol. The SMILES string of the molecule is O=C(c1ccc(F)c2ccccc12)N1CCC(=NO)CC1. The Hall–Kier alpha value is -2.43. The van der Waals surface area contributed by atoms with Crippen molar-refractivity contribution >= 4 is 22.4 Å². The molecule has 0 unspecified atom stereocenters. The van der Waals surface area contributed by atoms with Crippen molar-refractivity contribution in [2.75, 3.05) is 13.1 Å². The number of amides is 1. The number of carbonyl (C=O) groups excluding carboxylic acids is 1. The number of hydrogen-bond acceptors (Lipinski definition) is 3. The highest BCUT2D eigenvalue weighted by atomic mass is 19.1. The molecule has 0 aromatic heterocycles. The molecule has 1 saturated heterocycles. The van der Waals surface area contributed by atoms with Gasteiger partial charge in [0.25, 0.3) is 5.91 Å². The maximum atomic E-state index is 13.8. The van der Waals surface area contributed by atoms with Crippen LogP contribution in [-0.2, 0) is 0 Å². The van der Waals surface area contributed by atoms with Gasteiger partial charge in [0.1, 0.15) is 5.82 Å². The predicted octanol–water partition coefficient (Wildman–Crippen LogP) is 3.05. The molecular formula is C16H15FN2O2. The molecule has 1 N–H and O–H groups in total. The van der Waals surface area contributed by atoms with E-state index in [2.05, 4.69) is 5.16 Å². The van der Waals surface area contributed by atoms with E-state index in [9.17, 15) is 9.18 Å². The minimum absolute atomic E-state index is 0.108. The Balaban J connectivity index is 1.94. The highest BCUT2D eigenvalue weighted by Crippen LogP contribution is 2.24. The Bertz CT molecular complexity index is 717. The molecule has 5 heteroatoms. The van der Waals surface area contributed by atoms with Crippen LogP contribution in [0.5, 0.6) is 0 Å². The second kappa shape index (κ2) is 5.52. The van der Waals surface area contributed by atoms with Crippen LogP contribution >= 0.6 is 0 Å². The van der Waals surface area contributed by atoms with Gasteiger partial charge in [0.15, 0.2) is 0 Å². The van der Waals surface area contributed by atoms with Gasteiger partial charge < -0.3 is 10.1 Å². The van der Waals surface area contributed by atoms with Gasteiger partial charge in [-0.05, 0) is 17.5 Å². The Morgan fingerprint density at radius 3 is 2.43 bits per heavy atom. The van der Waals surface area contributed by atoms with Gasteiger partial charge in [-0.1, -0.05) is 29.4 Å². The number of rotatable bonds is 1. The van der Waals surface area contributed by atoms with E-state index in [1.54, 1.807) is 29.2 Å². The molecule has 0 bridgehead atoms. The van der Waals surface area contributed by atoms with Gasteiger partial charge in [-0.2, -0.15) is 0 Å². The molecule has 0 radical (unpaired) electrons. The summed E-state index contributed by atoms with van der Waals surface area (Å²) in [5, 5.41) is 13.0. The standard InChI is InChI=1S/C16H15FN2O2/c17-15-6-5-14(12-3-1-2-4-13(12)15)16(20)19-9-7-11(18-21)8-10-19/h1-6,21H,7-10H2. The van der Waals surface area contributed by atoms with Crippen molar-refractivity contribution in [1.29, 1.82) is 0 Å². The lowest BCUT2D eigenvalue weighted by atomic mass is 10.0. The third-order valence-electron chi connectivity index (χ3n) is 3.87. The number of benzene rings is 2. The number of halogens is 1. The first kappa shape index (κ1) is 13.5. The molecule has 2 aromatic rings. The fourth-order valence-corrected chi connectivity index (χ4v) is 2.69. The van der Waals surface area contributed by atoms with Crippen LogP contribution in [0.4, 0.5) is 4.39 Å². The molecule has 2 aromatic carbocycles. The first-order valence-electron chi connectivity index (χ1n) is 6.87. The van der Waals surface area contributed by atoms with Crippen molar-refractivity contribution in [3.05, 3.63) is 47.8 Å². The van der Waals surface area contributed by atoms with Crippen molar-refractivity contribution < 1.29 is 14.4 Å². The number of hydrogen-bond donors (Lipinski definition) is 1. The van der Waals surface area contributed by atoms with E-state index in [0.717, 1.165) is 0 Å². The van der Waals surface area contributed by atoms with Crippen LogP contribution in [0.2, 0.25) is 0 Å². The fourth-order valence-electron chi connectivity index (χ4n) is 2.69. The van der Waals surface area contributed by atoms with E-state index in [1.807, 2.05) is 0 Å². The molecule has 1 aliphatic rings. The molecule has 108 valence electrons. The van der Waals surface area contributed by atoms with Crippen molar-refractivity contribution in [1.82, 2.24) is 4.90 Å². The third kappa shape index (κ3) is 2.46. The molecule has 4 nitrogen and oxygen atoms in total. The zero-order valence-corrected chi connectivity index (χ0v) is 11.4. The van der Waals surface area contributed by atoms with E-state index in [-0.39, 0.29) is 11.7 Å². The van der Waals surface area contributed by atoms with E-state index in [0.29, 0.717) is 48.0 Å². The molecule has 1 heterocycles. The summed E-state index contributed by atoms with van der Waals surface area (Å²) in [5.74, 6) is -0.432. The van der Waals surface area contributed by atoms with Gasteiger partial charge in [-0.3, -0.25) is 4.79 Å². The number of nitrogens with zero attached hydrogens (tertiary/aromatic N) is 2. The first-order valence-corrected chi connectivity index (χ1v) is 6.87. The quantitative estimate of drug-likeness (QED) is 0.647. The Kier molecular flexibility index (Phi) is 3.56. The zero-order valence-electron chi connectivity index (χ0n) is 11.4. The Morgan fingerprint density at radius 2 is 1.76 bits per heavy atom. The second-order valence-corrected chi connectivity index (χ2v) is 5.10. The summed E-state index contributed by atoms with van der Waals surface area (Å²) in [7, 11) is 0. The average Bonchev–Trinajstić information content (AvgIpc) is 2.55. The fraction of sp³-hybridized carbons (Fsp3) is 0.250. The summed E-state index contributed by atoms with van der Waals surface area (Å²) in [6.45, 7) is 1.04. The third-order valence-corrected chi connectivity index (χ3v) is 3.87. The number of piperidine rings is 1.